The highest BCUT2D eigenvalue weighted by atomic mass is 32.2. The first-order chi connectivity index (χ1) is 14.0. The molecule has 0 aromatic heterocycles. The summed E-state index contributed by atoms with van der Waals surface area (Å²) in [4.78, 5) is 34.1. The van der Waals surface area contributed by atoms with Gasteiger partial charge in [-0.05, 0) is 36.1 Å². The van der Waals surface area contributed by atoms with Gasteiger partial charge in [-0.2, -0.15) is 0 Å². The Morgan fingerprint density at radius 1 is 1.20 bits per heavy atom. The number of rotatable bonds is 8. The minimum Gasteiger partial charge on any atom is -0.452 e. The van der Waals surface area contributed by atoms with E-state index in [1.807, 2.05) is 26.0 Å². The van der Waals surface area contributed by atoms with Crippen LogP contribution in [0.3, 0.4) is 0 Å². The molecular weight excluding hydrogens is 412 g/mol. The summed E-state index contributed by atoms with van der Waals surface area (Å²) in [7, 11) is -3.85. The SMILES string of the molecule is CC[C@@H](C)c1ccccc1NC(=O)COC(=O)c1ccc(S(C)(=O)=O)c([N+](=O)[O-])c1. The third-order valence-corrected chi connectivity index (χ3v) is 5.65. The Morgan fingerprint density at radius 2 is 1.87 bits per heavy atom. The Labute approximate surface area is 174 Å². The van der Waals surface area contributed by atoms with Crippen molar-refractivity contribution in [1.29, 1.82) is 0 Å². The maximum absolute atomic E-state index is 12.2. The van der Waals surface area contributed by atoms with Crippen LogP contribution in [0.2, 0.25) is 0 Å². The van der Waals surface area contributed by atoms with E-state index in [4.69, 9.17) is 4.74 Å². The Bertz CT molecular complexity index is 1080. The maximum Gasteiger partial charge on any atom is 0.338 e. The summed E-state index contributed by atoms with van der Waals surface area (Å²) < 4.78 is 28.2. The second-order valence-electron chi connectivity index (χ2n) is 6.73. The molecule has 0 aliphatic rings. The predicted molar refractivity (Wildman–Crippen MR) is 110 cm³/mol. The van der Waals surface area contributed by atoms with Gasteiger partial charge in [-0.25, -0.2) is 13.2 Å². The number of amides is 1. The van der Waals surface area contributed by atoms with Gasteiger partial charge >= 0.3 is 5.97 Å². The van der Waals surface area contributed by atoms with E-state index in [-0.39, 0.29) is 11.5 Å². The molecule has 0 aliphatic carbocycles. The van der Waals surface area contributed by atoms with Gasteiger partial charge in [-0.1, -0.05) is 32.0 Å². The molecule has 2 aromatic rings. The Hall–Kier alpha value is -3.27. The van der Waals surface area contributed by atoms with Gasteiger partial charge in [0.1, 0.15) is 4.90 Å². The van der Waals surface area contributed by atoms with E-state index in [0.717, 1.165) is 36.4 Å². The molecule has 30 heavy (non-hydrogen) atoms. The highest BCUT2D eigenvalue weighted by Gasteiger charge is 2.24. The molecule has 2 rings (SSSR count). The topological polar surface area (TPSA) is 133 Å². The summed E-state index contributed by atoms with van der Waals surface area (Å²) in [6, 6.07) is 10.2. The molecule has 0 saturated heterocycles. The van der Waals surface area contributed by atoms with Gasteiger partial charge in [0.15, 0.2) is 16.4 Å². The fourth-order valence-corrected chi connectivity index (χ4v) is 3.59. The van der Waals surface area contributed by atoms with Crippen LogP contribution >= 0.6 is 0 Å². The first-order valence-electron chi connectivity index (χ1n) is 9.09. The van der Waals surface area contributed by atoms with E-state index in [9.17, 15) is 28.1 Å². The number of nitro groups is 1. The summed E-state index contributed by atoms with van der Waals surface area (Å²) in [5.74, 6) is -1.33. The molecule has 1 atom stereocenters. The average molecular weight is 434 g/mol. The molecule has 0 aliphatic heterocycles. The largest absolute Gasteiger partial charge is 0.452 e. The maximum atomic E-state index is 12.2. The zero-order chi connectivity index (χ0) is 22.5. The van der Waals surface area contributed by atoms with Crippen molar-refractivity contribution < 1.29 is 27.7 Å². The number of hydrogen-bond acceptors (Lipinski definition) is 7. The van der Waals surface area contributed by atoms with Gasteiger partial charge in [0.2, 0.25) is 0 Å². The van der Waals surface area contributed by atoms with E-state index in [1.54, 1.807) is 12.1 Å². The number of hydrogen-bond donors (Lipinski definition) is 1. The molecule has 1 amide bonds. The fourth-order valence-electron chi connectivity index (χ4n) is 2.76. The number of para-hydroxylation sites is 1. The number of carbonyl (C=O) groups excluding carboxylic acids is 2. The lowest BCUT2D eigenvalue weighted by Gasteiger charge is -2.15. The highest BCUT2D eigenvalue weighted by Crippen LogP contribution is 2.27. The standard InChI is InChI=1S/C20H22N2O7S/c1-4-13(2)15-7-5-6-8-16(15)21-19(23)12-29-20(24)14-9-10-18(30(3,27)28)17(11-14)22(25)26/h5-11,13H,4,12H2,1-3H3,(H,21,23)/t13-/m1/s1. The number of sulfone groups is 1. The number of esters is 1. The van der Waals surface area contributed by atoms with E-state index in [1.165, 1.54) is 0 Å². The van der Waals surface area contributed by atoms with Crippen LogP contribution in [0.4, 0.5) is 11.4 Å². The molecule has 0 radical (unpaired) electrons. The van der Waals surface area contributed by atoms with Crippen LogP contribution in [-0.2, 0) is 19.4 Å². The molecule has 160 valence electrons. The van der Waals surface area contributed by atoms with Gasteiger partial charge in [0.05, 0.1) is 10.5 Å². The monoisotopic (exact) mass is 434 g/mol. The molecule has 0 fully saturated rings. The van der Waals surface area contributed by atoms with Crippen LogP contribution in [-0.4, -0.2) is 38.1 Å². The number of benzene rings is 2. The molecular formula is C20H22N2O7S. The highest BCUT2D eigenvalue weighted by molar-refractivity contribution is 7.90. The Kier molecular flexibility index (Phi) is 7.28. The second kappa shape index (κ2) is 9.49. The quantitative estimate of drug-likeness (QED) is 0.383. The van der Waals surface area contributed by atoms with Crippen LogP contribution in [0, 0.1) is 10.1 Å². The average Bonchev–Trinajstić information content (AvgIpc) is 2.70. The van der Waals surface area contributed by atoms with E-state index >= 15 is 0 Å². The number of nitrogens with one attached hydrogen (secondary N) is 1. The molecule has 10 heteroatoms. The van der Waals surface area contributed by atoms with Crippen LogP contribution in [0.1, 0.15) is 42.1 Å². The second-order valence-corrected chi connectivity index (χ2v) is 8.72. The Morgan fingerprint density at radius 3 is 2.47 bits per heavy atom. The minimum atomic E-state index is -3.85. The van der Waals surface area contributed by atoms with Crippen LogP contribution in [0.5, 0.6) is 0 Å². The molecule has 1 N–H and O–H groups in total. The van der Waals surface area contributed by atoms with Crippen molar-refractivity contribution in [3.63, 3.8) is 0 Å². The lowest BCUT2D eigenvalue weighted by atomic mass is 9.97. The smallest absolute Gasteiger partial charge is 0.338 e. The fraction of sp³-hybridized carbons (Fsp3) is 0.300. The van der Waals surface area contributed by atoms with Crippen molar-refractivity contribution in [3.8, 4) is 0 Å². The summed E-state index contributed by atoms with van der Waals surface area (Å²) >= 11 is 0. The van der Waals surface area contributed by atoms with Crippen LogP contribution in [0.15, 0.2) is 47.4 Å². The lowest BCUT2D eigenvalue weighted by Crippen LogP contribution is -2.22. The first-order valence-corrected chi connectivity index (χ1v) is 11.0. The summed E-state index contributed by atoms with van der Waals surface area (Å²) in [6.45, 7) is 3.45. The number of nitro benzene ring substituents is 1. The van der Waals surface area contributed by atoms with E-state index in [0.29, 0.717) is 5.69 Å². The number of ether oxygens (including phenoxy) is 1. The van der Waals surface area contributed by atoms with Crippen molar-refractivity contribution in [2.75, 3.05) is 18.2 Å². The van der Waals surface area contributed by atoms with E-state index in [2.05, 4.69) is 5.32 Å². The molecule has 0 heterocycles. The number of nitrogens with zero attached hydrogens (tertiary/aromatic N) is 1. The van der Waals surface area contributed by atoms with Gasteiger partial charge in [0, 0.05) is 18.0 Å². The first kappa shape index (κ1) is 23.0. The van der Waals surface area contributed by atoms with Crippen molar-refractivity contribution in [3.05, 3.63) is 63.7 Å². The van der Waals surface area contributed by atoms with Gasteiger partial charge in [0.25, 0.3) is 11.6 Å². The van der Waals surface area contributed by atoms with Crippen LogP contribution in [0.25, 0.3) is 0 Å². The molecule has 9 nitrogen and oxygen atoms in total. The molecule has 0 unspecified atom stereocenters. The van der Waals surface area contributed by atoms with Crippen molar-refractivity contribution in [2.45, 2.75) is 31.1 Å². The van der Waals surface area contributed by atoms with Crippen molar-refractivity contribution in [1.82, 2.24) is 0 Å². The number of carbonyl (C=O) groups is 2. The summed E-state index contributed by atoms with van der Waals surface area (Å²) in [5.41, 5.74) is 0.591. The summed E-state index contributed by atoms with van der Waals surface area (Å²) in [5, 5.41) is 13.8. The summed E-state index contributed by atoms with van der Waals surface area (Å²) in [6.07, 6.45) is 1.71. The Balaban J connectivity index is 2.10. The van der Waals surface area contributed by atoms with Crippen LogP contribution < -0.4 is 5.32 Å². The molecule has 0 saturated carbocycles. The molecule has 0 bridgehead atoms. The minimum absolute atomic E-state index is 0.220. The van der Waals surface area contributed by atoms with Gasteiger partial charge < -0.3 is 10.1 Å². The van der Waals surface area contributed by atoms with Crippen molar-refractivity contribution in [2.24, 2.45) is 0 Å². The normalized spacial score (nSPS) is 12.1. The zero-order valence-electron chi connectivity index (χ0n) is 16.7. The van der Waals surface area contributed by atoms with Gasteiger partial charge in [-0.15, -0.1) is 0 Å². The molecule has 2 aromatic carbocycles. The predicted octanol–water partition coefficient (Wildman–Crippen LogP) is 3.31. The lowest BCUT2D eigenvalue weighted by molar-refractivity contribution is -0.387. The molecule has 0 spiro atoms. The third kappa shape index (κ3) is 5.63. The third-order valence-electron chi connectivity index (χ3n) is 4.50. The van der Waals surface area contributed by atoms with Crippen molar-refractivity contribution >= 4 is 33.1 Å². The number of anilines is 1. The van der Waals surface area contributed by atoms with Gasteiger partial charge in [-0.3, -0.25) is 14.9 Å². The van der Waals surface area contributed by atoms with E-state index < -0.39 is 43.8 Å². The zero-order valence-corrected chi connectivity index (χ0v) is 17.6.